The Hall–Kier alpha value is -0.920. The number of nitrogens with zero attached hydrogens (tertiary/aromatic N) is 2. The minimum atomic E-state index is 0.950. The summed E-state index contributed by atoms with van der Waals surface area (Å²) in [6.07, 6.45) is 9.04. The second-order valence-electron chi connectivity index (χ2n) is 2.59. The minimum Gasteiger partial charge on any atom is -0.288 e. The van der Waals surface area contributed by atoms with Crippen LogP contribution >= 0.6 is 0 Å². The summed E-state index contributed by atoms with van der Waals surface area (Å²) in [5.74, 6) is 0. The van der Waals surface area contributed by atoms with Crippen molar-refractivity contribution in [3.05, 3.63) is 12.3 Å². The number of rotatable bonds is 3. The molecule has 1 aliphatic heterocycles. The van der Waals surface area contributed by atoms with E-state index in [0.717, 1.165) is 18.7 Å². The molecule has 60 valence electrons. The summed E-state index contributed by atoms with van der Waals surface area (Å²) >= 11 is 0. The first-order valence-corrected chi connectivity index (χ1v) is 4.15. The van der Waals surface area contributed by atoms with Crippen LogP contribution in [0.3, 0.4) is 0 Å². The Morgan fingerprint density at radius 2 is 2.55 bits per heavy atom. The highest BCUT2D eigenvalue weighted by atomic mass is 14.8. The topological polar surface area (TPSA) is 24.7 Å². The van der Waals surface area contributed by atoms with Crippen molar-refractivity contribution in [1.82, 2.24) is 0 Å². The monoisotopic (exact) mass is 150 g/mol. The third kappa shape index (κ3) is 3.12. The van der Waals surface area contributed by atoms with Gasteiger partial charge in [-0.3, -0.25) is 9.98 Å². The first-order chi connectivity index (χ1) is 5.43. The molecule has 0 N–H and O–H groups in total. The molecule has 0 aromatic carbocycles. The van der Waals surface area contributed by atoms with Crippen molar-refractivity contribution in [1.29, 1.82) is 0 Å². The highest BCUT2D eigenvalue weighted by molar-refractivity contribution is 6.31. The SMILES string of the molecule is CCCCN=C1C=NC=CC1. The van der Waals surface area contributed by atoms with Gasteiger partial charge < -0.3 is 0 Å². The van der Waals surface area contributed by atoms with Crippen LogP contribution in [0.5, 0.6) is 0 Å². The smallest absolute Gasteiger partial charge is 0.0569 e. The number of allylic oxidation sites excluding steroid dienone is 1. The molecule has 11 heavy (non-hydrogen) atoms. The van der Waals surface area contributed by atoms with Crippen LogP contribution in [0.4, 0.5) is 0 Å². The van der Waals surface area contributed by atoms with Crippen LogP contribution in [0.25, 0.3) is 0 Å². The van der Waals surface area contributed by atoms with E-state index in [0.29, 0.717) is 0 Å². The Bertz CT molecular complexity index is 190. The van der Waals surface area contributed by atoms with E-state index in [2.05, 4.69) is 16.9 Å². The summed E-state index contributed by atoms with van der Waals surface area (Å²) in [5.41, 5.74) is 1.11. The molecule has 1 rings (SSSR count). The summed E-state index contributed by atoms with van der Waals surface area (Å²) in [6.45, 7) is 3.13. The first kappa shape index (κ1) is 8.18. The molecule has 2 nitrogen and oxygen atoms in total. The van der Waals surface area contributed by atoms with Crippen molar-refractivity contribution in [2.24, 2.45) is 9.98 Å². The third-order valence-electron chi connectivity index (χ3n) is 1.57. The second-order valence-corrected chi connectivity index (χ2v) is 2.59. The fourth-order valence-corrected chi connectivity index (χ4v) is 0.902. The Morgan fingerprint density at radius 1 is 1.64 bits per heavy atom. The van der Waals surface area contributed by atoms with Gasteiger partial charge in [0.25, 0.3) is 0 Å². The lowest BCUT2D eigenvalue weighted by Crippen LogP contribution is -2.02. The van der Waals surface area contributed by atoms with Gasteiger partial charge in [0.1, 0.15) is 0 Å². The standard InChI is InChI=1S/C9H14N2/c1-2-3-7-11-9-5-4-6-10-8-9/h4,6,8H,2-3,5,7H2,1H3. The van der Waals surface area contributed by atoms with Crippen molar-refractivity contribution < 1.29 is 0 Å². The van der Waals surface area contributed by atoms with Crippen LogP contribution < -0.4 is 0 Å². The van der Waals surface area contributed by atoms with Gasteiger partial charge in [-0.05, 0) is 6.42 Å². The van der Waals surface area contributed by atoms with Gasteiger partial charge in [-0.1, -0.05) is 19.4 Å². The van der Waals surface area contributed by atoms with E-state index >= 15 is 0 Å². The lowest BCUT2D eigenvalue weighted by Gasteiger charge is -1.99. The van der Waals surface area contributed by atoms with E-state index in [1.807, 2.05) is 18.5 Å². The molecule has 0 saturated heterocycles. The van der Waals surface area contributed by atoms with Gasteiger partial charge in [-0.25, -0.2) is 0 Å². The average molecular weight is 150 g/mol. The summed E-state index contributed by atoms with van der Waals surface area (Å²) in [6, 6.07) is 0. The fraction of sp³-hybridized carbons (Fsp3) is 0.556. The molecule has 0 unspecified atom stereocenters. The highest BCUT2D eigenvalue weighted by Gasteiger charge is 1.94. The van der Waals surface area contributed by atoms with Crippen molar-refractivity contribution in [2.45, 2.75) is 26.2 Å². The maximum atomic E-state index is 4.39. The van der Waals surface area contributed by atoms with Crippen LogP contribution in [0.15, 0.2) is 22.3 Å². The highest BCUT2D eigenvalue weighted by Crippen LogP contribution is 1.96. The Kier molecular flexibility index (Phi) is 3.59. The van der Waals surface area contributed by atoms with Crippen molar-refractivity contribution in [3.63, 3.8) is 0 Å². The maximum Gasteiger partial charge on any atom is 0.0569 e. The molecule has 0 spiro atoms. The Morgan fingerprint density at radius 3 is 3.18 bits per heavy atom. The largest absolute Gasteiger partial charge is 0.288 e. The van der Waals surface area contributed by atoms with Crippen LogP contribution in [0, 0.1) is 0 Å². The van der Waals surface area contributed by atoms with Crippen molar-refractivity contribution in [2.75, 3.05) is 6.54 Å². The number of unbranched alkanes of at least 4 members (excludes halogenated alkanes) is 1. The summed E-state index contributed by atoms with van der Waals surface area (Å²) in [7, 11) is 0. The lowest BCUT2D eigenvalue weighted by atomic mass is 10.2. The van der Waals surface area contributed by atoms with E-state index in [-0.39, 0.29) is 0 Å². The third-order valence-corrected chi connectivity index (χ3v) is 1.57. The van der Waals surface area contributed by atoms with Crippen LogP contribution in [0.2, 0.25) is 0 Å². The lowest BCUT2D eigenvalue weighted by molar-refractivity contribution is 0.808. The molecular formula is C9H14N2. The number of aliphatic imine (C=N–C) groups is 2. The van der Waals surface area contributed by atoms with Crippen molar-refractivity contribution in [3.8, 4) is 0 Å². The van der Waals surface area contributed by atoms with Gasteiger partial charge in [0, 0.05) is 25.4 Å². The summed E-state index contributed by atoms with van der Waals surface area (Å²) in [4.78, 5) is 8.39. The molecule has 0 amide bonds. The van der Waals surface area contributed by atoms with Gasteiger partial charge >= 0.3 is 0 Å². The van der Waals surface area contributed by atoms with Crippen molar-refractivity contribution >= 4 is 11.9 Å². The zero-order chi connectivity index (χ0) is 7.94. The molecular weight excluding hydrogens is 136 g/mol. The Balaban J connectivity index is 2.29. The number of hydrogen-bond acceptors (Lipinski definition) is 2. The molecule has 1 aliphatic rings. The summed E-state index contributed by atoms with van der Waals surface area (Å²) in [5, 5.41) is 0. The molecule has 0 aromatic heterocycles. The van der Waals surface area contributed by atoms with Crippen LogP contribution in [0.1, 0.15) is 26.2 Å². The van der Waals surface area contributed by atoms with Gasteiger partial charge in [0.2, 0.25) is 0 Å². The molecule has 2 heteroatoms. The molecule has 0 aromatic rings. The predicted octanol–water partition coefficient (Wildman–Crippen LogP) is 2.22. The molecule has 0 radical (unpaired) electrons. The van der Waals surface area contributed by atoms with Gasteiger partial charge in [-0.15, -0.1) is 0 Å². The molecule has 0 saturated carbocycles. The van der Waals surface area contributed by atoms with Gasteiger partial charge in [-0.2, -0.15) is 0 Å². The van der Waals surface area contributed by atoms with E-state index < -0.39 is 0 Å². The predicted molar refractivity (Wildman–Crippen MR) is 49.5 cm³/mol. The molecule has 0 aliphatic carbocycles. The van der Waals surface area contributed by atoms with E-state index in [1.54, 1.807) is 0 Å². The van der Waals surface area contributed by atoms with Crippen LogP contribution in [-0.2, 0) is 0 Å². The fourth-order valence-electron chi connectivity index (χ4n) is 0.902. The molecule has 0 atom stereocenters. The average Bonchev–Trinajstić information content (AvgIpc) is 2.07. The summed E-state index contributed by atoms with van der Waals surface area (Å²) < 4.78 is 0. The van der Waals surface area contributed by atoms with E-state index in [1.165, 1.54) is 12.8 Å². The first-order valence-electron chi connectivity index (χ1n) is 4.15. The minimum absolute atomic E-state index is 0.950. The van der Waals surface area contributed by atoms with Gasteiger partial charge in [0.05, 0.1) is 5.71 Å². The van der Waals surface area contributed by atoms with E-state index in [4.69, 9.17) is 0 Å². The maximum absolute atomic E-state index is 4.39. The Labute approximate surface area is 67.8 Å². The second kappa shape index (κ2) is 4.83. The number of hydrogen-bond donors (Lipinski definition) is 0. The zero-order valence-corrected chi connectivity index (χ0v) is 6.95. The van der Waals surface area contributed by atoms with Crippen LogP contribution in [-0.4, -0.2) is 18.5 Å². The quantitative estimate of drug-likeness (QED) is 0.551. The van der Waals surface area contributed by atoms with E-state index in [9.17, 15) is 0 Å². The normalized spacial score (nSPS) is 19.5. The molecule has 0 fully saturated rings. The molecule has 1 heterocycles. The zero-order valence-electron chi connectivity index (χ0n) is 6.95. The van der Waals surface area contributed by atoms with Gasteiger partial charge in [0.15, 0.2) is 0 Å². The molecule has 0 bridgehead atoms.